The number of hydrogen-bond acceptors (Lipinski definition) is 7. The molecule has 0 spiro atoms. The van der Waals surface area contributed by atoms with Gasteiger partial charge in [0.25, 0.3) is 5.56 Å². The van der Waals surface area contributed by atoms with E-state index >= 15 is 0 Å². The lowest BCUT2D eigenvalue weighted by Crippen LogP contribution is -2.23. The molecule has 0 amide bonds. The normalized spacial score (nSPS) is 10.9. The summed E-state index contributed by atoms with van der Waals surface area (Å²) in [6.45, 7) is 5.82. The number of phenolic OH excluding ortho intramolecular Hbond substituents is 1. The molecule has 0 aliphatic heterocycles. The molecule has 0 bridgehead atoms. The van der Waals surface area contributed by atoms with E-state index in [1.807, 2.05) is 13.8 Å². The zero-order valence-corrected chi connectivity index (χ0v) is 19.8. The number of carbonyl (C=O) groups is 2. The van der Waals surface area contributed by atoms with Crippen LogP contribution in [0.4, 0.5) is 0 Å². The topological polar surface area (TPSA) is 107 Å². The predicted molar refractivity (Wildman–Crippen MR) is 127 cm³/mol. The van der Waals surface area contributed by atoms with E-state index in [1.54, 1.807) is 30.5 Å². The van der Waals surface area contributed by atoms with E-state index in [2.05, 4.69) is 4.98 Å². The van der Waals surface area contributed by atoms with E-state index in [4.69, 9.17) is 9.47 Å². The second kappa shape index (κ2) is 11.4. The Morgan fingerprint density at radius 1 is 1.12 bits per heavy atom. The Balaban J connectivity index is 1.84. The molecule has 34 heavy (non-hydrogen) atoms. The molecule has 0 saturated heterocycles. The quantitative estimate of drug-likeness (QED) is 0.258. The first-order valence-electron chi connectivity index (χ1n) is 11.5. The summed E-state index contributed by atoms with van der Waals surface area (Å²) in [6.07, 6.45) is 5.86. The number of Topliss-reactive ketones (excluding diaryl/α,β-unsaturated/α-hetero) is 1. The van der Waals surface area contributed by atoms with Crippen molar-refractivity contribution in [1.29, 1.82) is 0 Å². The number of ether oxygens (including phenoxy) is 2. The molecule has 0 saturated carbocycles. The summed E-state index contributed by atoms with van der Waals surface area (Å²) >= 11 is 0. The number of rotatable bonds is 11. The number of nitrogens with zero attached hydrogens (tertiary/aromatic N) is 2. The van der Waals surface area contributed by atoms with Gasteiger partial charge in [0.2, 0.25) is 0 Å². The van der Waals surface area contributed by atoms with Crippen LogP contribution >= 0.6 is 0 Å². The molecule has 0 aliphatic rings. The Kier molecular flexibility index (Phi) is 8.40. The van der Waals surface area contributed by atoms with Crippen molar-refractivity contribution < 1.29 is 24.2 Å². The summed E-state index contributed by atoms with van der Waals surface area (Å²) in [4.78, 5) is 41.1. The molecular formula is C26H30N2O6. The molecule has 0 aliphatic carbocycles. The van der Waals surface area contributed by atoms with Crippen LogP contribution in [0, 0.1) is 0 Å². The van der Waals surface area contributed by atoms with Crippen LogP contribution in [-0.4, -0.2) is 32.9 Å². The van der Waals surface area contributed by atoms with Gasteiger partial charge in [-0.1, -0.05) is 32.8 Å². The number of fused-ring (bicyclic) bond motifs is 1. The van der Waals surface area contributed by atoms with Gasteiger partial charge in [0, 0.05) is 29.1 Å². The minimum absolute atomic E-state index is 0.0606. The number of esters is 1. The second-order valence-corrected chi connectivity index (χ2v) is 8.10. The Morgan fingerprint density at radius 3 is 2.62 bits per heavy atom. The Morgan fingerprint density at radius 2 is 1.91 bits per heavy atom. The molecule has 0 fully saturated rings. The Hall–Kier alpha value is -3.68. The summed E-state index contributed by atoms with van der Waals surface area (Å²) in [6, 6.07) is 6.73. The van der Waals surface area contributed by atoms with Crippen LogP contribution < -0.4 is 10.3 Å². The van der Waals surface area contributed by atoms with Gasteiger partial charge in [-0.05, 0) is 38.0 Å². The van der Waals surface area contributed by atoms with E-state index in [1.165, 1.54) is 17.5 Å². The minimum atomic E-state index is -0.455. The van der Waals surface area contributed by atoms with Gasteiger partial charge in [0.05, 0.1) is 18.6 Å². The third-order valence-corrected chi connectivity index (χ3v) is 5.48. The third-order valence-electron chi connectivity index (χ3n) is 5.48. The highest BCUT2D eigenvalue weighted by atomic mass is 16.5. The number of phenols is 1. The average molecular weight is 467 g/mol. The number of ketones is 1. The van der Waals surface area contributed by atoms with Crippen molar-refractivity contribution in [3.8, 4) is 11.5 Å². The fraction of sp³-hybridized carbons (Fsp3) is 0.385. The molecule has 0 radical (unpaired) electrons. The number of carbonyl (C=O) groups excluding carboxylic acids is 2. The highest BCUT2D eigenvalue weighted by Gasteiger charge is 2.17. The van der Waals surface area contributed by atoms with Crippen molar-refractivity contribution in [1.82, 2.24) is 9.38 Å². The lowest BCUT2D eigenvalue weighted by molar-refractivity contribution is -0.142. The van der Waals surface area contributed by atoms with Crippen molar-refractivity contribution >= 4 is 17.4 Å². The van der Waals surface area contributed by atoms with E-state index in [-0.39, 0.29) is 41.2 Å². The number of unbranched alkanes of at least 4 members (excludes halogenated alkanes) is 1. The average Bonchev–Trinajstić information content (AvgIpc) is 2.81. The van der Waals surface area contributed by atoms with Crippen molar-refractivity contribution in [3.63, 3.8) is 0 Å². The third kappa shape index (κ3) is 5.62. The van der Waals surface area contributed by atoms with E-state index in [9.17, 15) is 19.5 Å². The van der Waals surface area contributed by atoms with Gasteiger partial charge in [-0.3, -0.25) is 18.8 Å². The standard InChI is InChI=1S/C26H30N2O6/c1-4-6-13-33-23(30)14-19-15-27-25-18(9-7-12-28(25)26(19)32)16-34-22-11-10-20(17(3)29)24(31)21(22)8-5-2/h7,9-12,15,31H,4-6,8,13-14,16H2,1-3H3. The van der Waals surface area contributed by atoms with Crippen LogP contribution in [0.2, 0.25) is 0 Å². The van der Waals surface area contributed by atoms with Crippen LogP contribution in [-0.2, 0) is 29.0 Å². The summed E-state index contributed by atoms with van der Waals surface area (Å²) in [5, 5.41) is 10.6. The van der Waals surface area contributed by atoms with Crippen molar-refractivity contribution in [2.45, 2.75) is 59.5 Å². The first kappa shape index (κ1) is 25.0. The van der Waals surface area contributed by atoms with Gasteiger partial charge in [-0.15, -0.1) is 0 Å². The smallest absolute Gasteiger partial charge is 0.310 e. The van der Waals surface area contributed by atoms with E-state index in [0.29, 0.717) is 35.6 Å². The van der Waals surface area contributed by atoms with Crippen molar-refractivity contribution in [2.75, 3.05) is 6.61 Å². The summed E-state index contributed by atoms with van der Waals surface area (Å²) in [7, 11) is 0. The molecule has 8 nitrogen and oxygen atoms in total. The van der Waals surface area contributed by atoms with Crippen molar-refractivity contribution in [3.05, 3.63) is 69.3 Å². The lowest BCUT2D eigenvalue weighted by Gasteiger charge is -2.15. The molecule has 2 aromatic heterocycles. The van der Waals surface area contributed by atoms with Crippen LogP contribution in [0.1, 0.15) is 67.1 Å². The highest BCUT2D eigenvalue weighted by Crippen LogP contribution is 2.33. The Bertz CT molecular complexity index is 1250. The molecular weight excluding hydrogens is 436 g/mol. The summed E-state index contributed by atoms with van der Waals surface area (Å²) in [5.41, 5.74) is 1.83. The number of aromatic hydroxyl groups is 1. The van der Waals surface area contributed by atoms with Crippen LogP contribution in [0.3, 0.4) is 0 Å². The molecule has 0 unspecified atom stereocenters. The van der Waals surface area contributed by atoms with Gasteiger partial charge >= 0.3 is 5.97 Å². The maximum absolute atomic E-state index is 12.9. The SMILES string of the molecule is CCCCOC(=O)Cc1cnc2c(COc3ccc(C(C)=O)c(O)c3CCC)cccn2c1=O. The number of pyridine rings is 1. The number of aromatic nitrogens is 2. The van der Waals surface area contributed by atoms with Gasteiger partial charge in [0.15, 0.2) is 5.78 Å². The molecule has 8 heteroatoms. The predicted octanol–water partition coefficient (Wildman–Crippen LogP) is 4.02. The maximum Gasteiger partial charge on any atom is 0.310 e. The molecule has 0 atom stereocenters. The van der Waals surface area contributed by atoms with E-state index in [0.717, 1.165) is 19.3 Å². The lowest BCUT2D eigenvalue weighted by atomic mass is 10.0. The fourth-order valence-electron chi connectivity index (χ4n) is 3.66. The monoisotopic (exact) mass is 466 g/mol. The molecule has 3 aromatic rings. The molecule has 2 heterocycles. The highest BCUT2D eigenvalue weighted by molar-refractivity contribution is 5.97. The van der Waals surface area contributed by atoms with Crippen LogP contribution in [0.15, 0.2) is 41.5 Å². The van der Waals surface area contributed by atoms with E-state index < -0.39 is 5.97 Å². The molecule has 1 aromatic carbocycles. The largest absolute Gasteiger partial charge is 0.507 e. The maximum atomic E-state index is 12.9. The molecule has 180 valence electrons. The molecule has 1 N–H and O–H groups in total. The molecule has 3 rings (SSSR count). The minimum Gasteiger partial charge on any atom is -0.507 e. The zero-order valence-electron chi connectivity index (χ0n) is 19.8. The summed E-state index contributed by atoms with van der Waals surface area (Å²) in [5.74, 6) is -0.261. The number of benzene rings is 1. The van der Waals surface area contributed by atoms with Crippen LogP contribution in [0.25, 0.3) is 5.65 Å². The van der Waals surface area contributed by atoms with Gasteiger partial charge < -0.3 is 14.6 Å². The first-order chi connectivity index (χ1) is 16.4. The van der Waals surface area contributed by atoms with Gasteiger partial charge in [0.1, 0.15) is 23.8 Å². The first-order valence-corrected chi connectivity index (χ1v) is 11.5. The fourth-order valence-corrected chi connectivity index (χ4v) is 3.66. The van der Waals surface area contributed by atoms with Gasteiger partial charge in [-0.25, -0.2) is 4.98 Å². The number of hydrogen-bond donors (Lipinski definition) is 1. The summed E-state index contributed by atoms with van der Waals surface area (Å²) < 4.78 is 12.5. The zero-order chi connectivity index (χ0) is 24.7. The van der Waals surface area contributed by atoms with Crippen molar-refractivity contribution in [2.24, 2.45) is 0 Å². The second-order valence-electron chi connectivity index (χ2n) is 8.10. The van der Waals surface area contributed by atoms with Crippen LogP contribution in [0.5, 0.6) is 11.5 Å². The Labute approximate surface area is 198 Å². The van der Waals surface area contributed by atoms with Gasteiger partial charge in [-0.2, -0.15) is 0 Å².